The van der Waals surface area contributed by atoms with Gasteiger partial charge in [0.2, 0.25) is 0 Å². The molecule has 17 heavy (non-hydrogen) atoms. The first-order chi connectivity index (χ1) is 8.29. The second-order valence-corrected chi connectivity index (χ2v) is 4.31. The number of hydrogen-bond acceptors (Lipinski definition) is 4. The highest BCUT2D eigenvalue weighted by molar-refractivity contribution is 5.38. The van der Waals surface area contributed by atoms with E-state index in [9.17, 15) is 4.39 Å². The molecule has 0 spiro atoms. The molecule has 0 aliphatic carbocycles. The van der Waals surface area contributed by atoms with Gasteiger partial charge in [-0.2, -0.15) is 0 Å². The Labute approximate surface area is 101 Å². The Morgan fingerprint density at radius 2 is 2.00 bits per heavy atom. The fourth-order valence-corrected chi connectivity index (χ4v) is 2.07. The lowest BCUT2D eigenvalue weighted by Crippen LogP contribution is -2.47. The number of pyridine rings is 1. The first kappa shape index (κ1) is 12.3. The van der Waals surface area contributed by atoms with E-state index < -0.39 is 0 Å². The Morgan fingerprint density at radius 3 is 2.59 bits per heavy atom. The molecule has 5 heteroatoms. The number of nitrogens with two attached hydrogens (primary N) is 1. The molecule has 1 aliphatic heterocycles. The van der Waals surface area contributed by atoms with Gasteiger partial charge in [0.1, 0.15) is 11.6 Å². The predicted molar refractivity (Wildman–Crippen MR) is 66.5 cm³/mol. The molecule has 2 rings (SSSR count). The van der Waals surface area contributed by atoms with Crippen LogP contribution in [0, 0.1) is 5.82 Å². The fourth-order valence-electron chi connectivity index (χ4n) is 2.07. The summed E-state index contributed by atoms with van der Waals surface area (Å²) in [5.41, 5.74) is 5.50. The topological polar surface area (TPSA) is 45.4 Å². The zero-order valence-corrected chi connectivity index (χ0v) is 9.98. The van der Waals surface area contributed by atoms with E-state index in [-0.39, 0.29) is 5.82 Å². The van der Waals surface area contributed by atoms with Gasteiger partial charge in [0.05, 0.1) is 6.20 Å². The van der Waals surface area contributed by atoms with Gasteiger partial charge in [0.25, 0.3) is 0 Å². The van der Waals surface area contributed by atoms with Gasteiger partial charge in [-0.3, -0.25) is 4.90 Å². The van der Waals surface area contributed by atoms with Crippen molar-refractivity contribution in [2.75, 3.05) is 44.2 Å². The van der Waals surface area contributed by atoms with E-state index in [0.717, 1.165) is 51.5 Å². The smallest absolute Gasteiger partial charge is 0.141 e. The second kappa shape index (κ2) is 5.93. The molecule has 4 nitrogen and oxygen atoms in total. The summed E-state index contributed by atoms with van der Waals surface area (Å²) in [5.74, 6) is 0.584. The number of rotatable bonds is 4. The van der Waals surface area contributed by atoms with Crippen molar-refractivity contribution in [2.45, 2.75) is 6.42 Å². The second-order valence-electron chi connectivity index (χ2n) is 4.31. The molecule has 1 saturated heterocycles. The zero-order valence-electron chi connectivity index (χ0n) is 9.98. The molecular formula is C12H19FN4. The summed E-state index contributed by atoms with van der Waals surface area (Å²) in [5, 5.41) is 0. The Morgan fingerprint density at radius 1 is 1.24 bits per heavy atom. The molecular weight excluding hydrogens is 219 g/mol. The molecule has 0 bridgehead atoms. The highest BCUT2D eigenvalue weighted by Crippen LogP contribution is 2.13. The normalized spacial score (nSPS) is 17.4. The molecule has 0 saturated carbocycles. The van der Waals surface area contributed by atoms with Gasteiger partial charge in [-0.15, -0.1) is 0 Å². The van der Waals surface area contributed by atoms with Crippen LogP contribution in [0.3, 0.4) is 0 Å². The molecule has 1 aliphatic rings. The van der Waals surface area contributed by atoms with E-state index in [1.807, 2.05) is 0 Å². The third kappa shape index (κ3) is 3.38. The standard InChI is InChI=1S/C12H19FN4/c13-11-2-3-12(15-10-11)17-8-6-16(7-9-17)5-1-4-14/h2-3,10H,1,4-9,14H2. The Hall–Kier alpha value is -1.20. The summed E-state index contributed by atoms with van der Waals surface area (Å²) in [6, 6.07) is 3.20. The Bertz CT molecular complexity index is 333. The number of halogens is 1. The quantitative estimate of drug-likeness (QED) is 0.838. The van der Waals surface area contributed by atoms with Crippen LogP contribution in [0.1, 0.15) is 6.42 Å². The van der Waals surface area contributed by atoms with Crippen molar-refractivity contribution in [3.63, 3.8) is 0 Å². The van der Waals surface area contributed by atoms with Gasteiger partial charge in [-0.1, -0.05) is 0 Å². The predicted octanol–water partition coefficient (Wildman–Crippen LogP) is 0.692. The average Bonchev–Trinajstić information content (AvgIpc) is 2.38. The van der Waals surface area contributed by atoms with Crippen LogP contribution in [-0.2, 0) is 0 Å². The van der Waals surface area contributed by atoms with Gasteiger partial charge >= 0.3 is 0 Å². The van der Waals surface area contributed by atoms with Crippen LogP contribution in [0.25, 0.3) is 0 Å². The van der Waals surface area contributed by atoms with Crippen LogP contribution >= 0.6 is 0 Å². The van der Waals surface area contributed by atoms with E-state index in [2.05, 4.69) is 14.8 Å². The SMILES string of the molecule is NCCCN1CCN(c2ccc(F)cn2)CC1. The van der Waals surface area contributed by atoms with E-state index in [1.165, 1.54) is 12.3 Å². The van der Waals surface area contributed by atoms with Crippen molar-refractivity contribution in [1.82, 2.24) is 9.88 Å². The summed E-state index contributed by atoms with van der Waals surface area (Å²) in [7, 11) is 0. The maximum atomic E-state index is 12.8. The van der Waals surface area contributed by atoms with Crippen LogP contribution in [0.4, 0.5) is 10.2 Å². The summed E-state index contributed by atoms with van der Waals surface area (Å²) >= 11 is 0. The number of anilines is 1. The number of aromatic nitrogens is 1. The third-order valence-corrected chi connectivity index (χ3v) is 3.09. The van der Waals surface area contributed by atoms with Gasteiger partial charge in [0, 0.05) is 26.2 Å². The Balaban J connectivity index is 1.84. The number of hydrogen-bond donors (Lipinski definition) is 1. The first-order valence-corrected chi connectivity index (χ1v) is 6.08. The molecule has 0 amide bonds. The molecule has 94 valence electrons. The maximum Gasteiger partial charge on any atom is 0.141 e. The van der Waals surface area contributed by atoms with Crippen molar-refractivity contribution in [3.8, 4) is 0 Å². The zero-order chi connectivity index (χ0) is 12.1. The Kier molecular flexibility index (Phi) is 4.28. The average molecular weight is 238 g/mol. The van der Waals surface area contributed by atoms with Crippen molar-refractivity contribution in [1.29, 1.82) is 0 Å². The molecule has 1 fully saturated rings. The van der Waals surface area contributed by atoms with Crippen LogP contribution in [0.5, 0.6) is 0 Å². The van der Waals surface area contributed by atoms with Crippen molar-refractivity contribution < 1.29 is 4.39 Å². The van der Waals surface area contributed by atoms with Crippen molar-refractivity contribution in [3.05, 3.63) is 24.1 Å². The molecule has 0 aromatic carbocycles. The fraction of sp³-hybridized carbons (Fsp3) is 0.583. The molecule has 1 aromatic heterocycles. The van der Waals surface area contributed by atoms with E-state index in [0.29, 0.717) is 0 Å². The van der Waals surface area contributed by atoms with E-state index in [4.69, 9.17) is 5.73 Å². The first-order valence-electron chi connectivity index (χ1n) is 6.08. The maximum absolute atomic E-state index is 12.8. The summed E-state index contributed by atoms with van der Waals surface area (Å²) in [4.78, 5) is 8.70. The molecule has 2 N–H and O–H groups in total. The molecule has 1 aromatic rings. The number of piperazine rings is 1. The van der Waals surface area contributed by atoms with Crippen molar-refractivity contribution >= 4 is 5.82 Å². The highest BCUT2D eigenvalue weighted by Gasteiger charge is 2.17. The minimum absolute atomic E-state index is 0.282. The molecule has 0 atom stereocenters. The summed E-state index contributed by atoms with van der Waals surface area (Å²) in [6.07, 6.45) is 2.32. The molecule has 0 unspecified atom stereocenters. The summed E-state index contributed by atoms with van der Waals surface area (Å²) in [6.45, 7) is 5.77. The largest absolute Gasteiger partial charge is 0.354 e. The lowest BCUT2D eigenvalue weighted by Gasteiger charge is -2.35. The monoisotopic (exact) mass is 238 g/mol. The van der Waals surface area contributed by atoms with Gasteiger partial charge < -0.3 is 10.6 Å². The van der Waals surface area contributed by atoms with Crippen LogP contribution < -0.4 is 10.6 Å². The van der Waals surface area contributed by atoms with E-state index in [1.54, 1.807) is 6.07 Å². The van der Waals surface area contributed by atoms with Crippen molar-refractivity contribution in [2.24, 2.45) is 5.73 Å². The molecule has 2 heterocycles. The van der Waals surface area contributed by atoms with E-state index >= 15 is 0 Å². The number of nitrogens with zero attached hydrogens (tertiary/aromatic N) is 3. The minimum atomic E-state index is -0.282. The lowest BCUT2D eigenvalue weighted by atomic mass is 10.3. The van der Waals surface area contributed by atoms with Gasteiger partial charge in [-0.05, 0) is 31.6 Å². The third-order valence-electron chi connectivity index (χ3n) is 3.09. The lowest BCUT2D eigenvalue weighted by molar-refractivity contribution is 0.256. The highest BCUT2D eigenvalue weighted by atomic mass is 19.1. The molecule has 0 radical (unpaired) electrons. The van der Waals surface area contributed by atoms with Gasteiger partial charge in [-0.25, -0.2) is 9.37 Å². The van der Waals surface area contributed by atoms with Gasteiger partial charge in [0.15, 0.2) is 0 Å². The van der Waals surface area contributed by atoms with Crippen LogP contribution in [-0.4, -0.2) is 49.2 Å². The minimum Gasteiger partial charge on any atom is -0.354 e. The summed E-state index contributed by atoms with van der Waals surface area (Å²) < 4.78 is 12.8. The van der Waals surface area contributed by atoms with Crippen LogP contribution in [0.15, 0.2) is 18.3 Å². The van der Waals surface area contributed by atoms with Crippen LogP contribution in [0.2, 0.25) is 0 Å².